The molecule has 0 fully saturated rings. The van der Waals surface area contributed by atoms with Gasteiger partial charge in [-0.05, 0) is 24.3 Å². The number of hydrogen-bond donors (Lipinski definition) is 3. The summed E-state index contributed by atoms with van der Waals surface area (Å²) in [6.45, 7) is 0. The molecule has 0 spiro atoms. The minimum Gasteiger partial charge on any atom is -0.323 e. The van der Waals surface area contributed by atoms with Crippen molar-refractivity contribution in [2.75, 3.05) is 5.43 Å². The molecule has 0 unspecified atom stereocenters. The van der Waals surface area contributed by atoms with E-state index in [-0.39, 0.29) is 4.90 Å². The quantitative estimate of drug-likeness (QED) is 0.640. The molecule has 102 valence electrons. The highest BCUT2D eigenvalue weighted by molar-refractivity contribution is 7.89. The second-order valence-corrected chi connectivity index (χ2v) is 5.83. The minimum absolute atomic E-state index is 0.184. The fourth-order valence-electron chi connectivity index (χ4n) is 1.79. The van der Waals surface area contributed by atoms with E-state index in [4.69, 9.17) is 0 Å². The Morgan fingerprint density at radius 3 is 2.40 bits per heavy atom. The van der Waals surface area contributed by atoms with Gasteiger partial charge in [0.2, 0.25) is 5.95 Å². The highest BCUT2D eigenvalue weighted by Gasteiger charge is 2.13. The third kappa shape index (κ3) is 2.49. The van der Waals surface area contributed by atoms with Gasteiger partial charge >= 0.3 is 0 Å². The number of nitrogens with zero attached hydrogens (tertiary/aromatic N) is 1. The van der Waals surface area contributed by atoms with Crippen LogP contribution in [-0.4, -0.2) is 18.4 Å². The predicted octanol–water partition coefficient (Wildman–Crippen LogP) is 1.87. The Hall–Kier alpha value is -2.38. The third-order valence-corrected chi connectivity index (χ3v) is 4.01. The molecule has 0 amide bonds. The smallest absolute Gasteiger partial charge is 0.257 e. The number of anilines is 1. The van der Waals surface area contributed by atoms with Crippen molar-refractivity contribution in [2.45, 2.75) is 4.90 Å². The molecule has 3 aromatic rings. The van der Waals surface area contributed by atoms with Crippen LogP contribution in [0.1, 0.15) is 0 Å². The number of benzene rings is 2. The number of nitrogens with one attached hydrogen (secondary N) is 3. The average Bonchev–Trinajstić information content (AvgIpc) is 2.89. The van der Waals surface area contributed by atoms with Crippen molar-refractivity contribution < 1.29 is 8.42 Å². The summed E-state index contributed by atoms with van der Waals surface area (Å²) in [6, 6.07) is 15.5. The first kappa shape index (κ1) is 12.6. The van der Waals surface area contributed by atoms with E-state index in [1.54, 1.807) is 18.2 Å². The number of aromatic nitrogens is 2. The van der Waals surface area contributed by atoms with Crippen LogP contribution in [0.25, 0.3) is 11.0 Å². The zero-order valence-corrected chi connectivity index (χ0v) is 11.2. The topological polar surface area (TPSA) is 86.9 Å². The lowest BCUT2D eigenvalue weighted by Crippen LogP contribution is -2.30. The zero-order valence-electron chi connectivity index (χ0n) is 10.4. The van der Waals surface area contributed by atoms with Crippen molar-refractivity contribution >= 4 is 27.0 Å². The Labute approximate surface area is 115 Å². The van der Waals surface area contributed by atoms with E-state index in [1.165, 1.54) is 12.1 Å². The summed E-state index contributed by atoms with van der Waals surface area (Å²) in [5.41, 5.74) is 4.15. The van der Waals surface area contributed by atoms with Crippen LogP contribution in [-0.2, 0) is 10.0 Å². The van der Waals surface area contributed by atoms with Gasteiger partial charge in [-0.1, -0.05) is 30.3 Å². The van der Waals surface area contributed by atoms with Crippen LogP contribution >= 0.6 is 0 Å². The normalized spacial score (nSPS) is 11.6. The number of rotatable bonds is 4. The van der Waals surface area contributed by atoms with Gasteiger partial charge in [0.1, 0.15) is 0 Å². The lowest BCUT2D eigenvalue weighted by Gasteiger charge is -2.06. The molecule has 0 bridgehead atoms. The Bertz CT molecular complexity index is 795. The summed E-state index contributed by atoms with van der Waals surface area (Å²) in [6.07, 6.45) is 0. The molecule has 0 aliphatic carbocycles. The van der Waals surface area contributed by atoms with Crippen molar-refractivity contribution in [2.24, 2.45) is 0 Å². The summed E-state index contributed by atoms with van der Waals surface area (Å²) in [5, 5.41) is 0. The summed E-state index contributed by atoms with van der Waals surface area (Å²) in [7, 11) is -3.62. The van der Waals surface area contributed by atoms with Crippen LogP contribution in [0.15, 0.2) is 59.5 Å². The van der Waals surface area contributed by atoms with Crippen molar-refractivity contribution in [1.82, 2.24) is 14.8 Å². The average molecular weight is 288 g/mol. The summed E-state index contributed by atoms with van der Waals surface area (Å²) in [5.74, 6) is 0.339. The van der Waals surface area contributed by atoms with Gasteiger partial charge in [0.05, 0.1) is 15.9 Å². The third-order valence-electron chi connectivity index (χ3n) is 2.75. The maximum atomic E-state index is 12.0. The monoisotopic (exact) mass is 288 g/mol. The molecule has 3 rings (SSSR count). The van der Waals surface area contributed by atoms with Crippen molar-refractivity contribution in [3.8, 4) is 0 Å². The Kier molecular flexibility index (Phi) is 3.13. The molecule has 0 atom stereocenters. The molecular formula is C13H12N4O2S. The van der Waals surface area contributed by atoms with E-state index in [0.29, 0.717) is 5.95 Å². The van der Waals surface area contributed by atoms with Crippen molar-refractivity contribution in [3.63, 3.8) is 0 Å². The fourth-order valence-corrected chi connectivity index (χ4v) is 2.65. The van der Waals surface area contributed by atoms with Crippen molar-refractivity contribution in [3.05, 3.63) is 54.6 Å². The van der Waals surface area contributed by atoms with Gasteiger partial charge in [0.25, 0.3) is 10.0 Å². The molecule has 3 N–H and O–H groups in total. The van der Waals surface area contributed by atoms with E-state index in [1.807, 2.05) is 24.3 Å². The number of sulfonamides is 1. The van der Waals surface area contributed by atoms with E-state index < -0.39 is 10.0 Å². The molecule has 0 radical (unpaired) electrons. The molecule has 20 heavy (non-hydrogen) atoms. The fraction of sp³-hybridized carbons (Fsp3) is 0. The molecule has 1 heterocycles. The first-order valence-corrected chi connectivity index (χ1v) is 7.41. The van der Waals surface area contributed by atoms with Gasteiger partial charge in [-0.15, -0.1) is 4.83 Å². The predicted molar refractivity (Wildman–Crippen MR) is 76.5 cm³/mol. The molecular weight excluding hydrogens is 276 g/mol. The number of H-pyrrole nitrogens is 1. The van der Waals surface area contributed by atoms with E-state index in [0.717, 1.165) is 11.0 Å². The molecule has 7 heteroatoms. The first-order chi connectivity index (χ1) is 9.65. The number of imidazole rings is 1. The Morgan fingerprint density at radius 1 is 0.950 bits per heavy atom. The van der Waals surface area contributed by atoms with Crippen molar-refractivity contribution in [1.29, 1.82) is 0 Å². The number of hydrazine groups is 1. The maximum Gasteiger partial charge on any atom is 0.257 e. The van der Waals surface area contributed by atoms with E-state index in [9.17, 15) is 8.42 Å². The molecule has 1 aromatic heterocycles. The number of aromatic amines is 1. The summed E-state index contributed by atoms with van der Waals surface area (Å²) in [4.78, 5) is 9.65. The number of fused-ring (bicyclic) bond motifs is 1. The van der Waals surface area contributed by atoms with Gasteiger partial charge in [-0.25, -0.2) is 13.4 Å². The van der Waals surface area contributed by atoms with Crippen LogP contribution in [0.3, 0.4) is 0 Å². The lowest BCUT2D eigenvalue weighted by atomic mass is 10.3. The highest BCUT2D eigenvalue weighted by Crippen LogP contribution is 2.13. The van der Waals surface area contributed by atoms with Gasteiger partial charge in [0, 0.05) is 0 Å². The SMILES string of the molecule is O=S(=O)(NNc1nc2ccccc2[nH]1)c1ccccc1. The number of hydrogen-bond acceptors (Lipinski definition) is 4. The summed E-state index contributed by atoms with van der Waals surface area (Å²) < 4.78 is 24.0. The standard InChI is InChI=1S/C13H12N4O2S/c18-20(19,10-6-2-1-3-7-10)17-16-13-14-11-8-4-5-9-12(11)15-13/h1-9,17H,(H2,14,15,16). The highest BCUT2D eigenvalue weighted by atomic mass is 32.2. The minimum atomic E-state index is -3.62. The second kappa shape index (κ2) is 4.95. The van der Waals surface area contributed by atoms with Gasteiger partial charge in [-0.2, -0.15) is 0 Å². The molecule has 0 aliphatic heterocycles. The number of para-hydroxylation sites is 2. The molecule has 0 saturated carbocycles. The Morgan fingerprint density at radius 2 is 1.65 bits per heavy atom. The molecule has 0 saturated heterocycles. The van der Waals surface area contributed by atoms with Crippen LogP contribution in [0.5, 0.6) is 0 Å². The summed E-state index contributed by atoms with van der Waals surface area (Å²) >= 11 is 0. The first-order valence-electron chi connectivity index (χ1n) is 5.93. The van der Waals surface area contributed by atoms with Crippen LogP contribution < -0.4 is 10.3 Å². The Balaban J connectivity index is 1.79. The maximum absolute atomic E-state index is 12.0. The molecule has 6 nitrogen and oxygen atoms in total. The van der Waals surface area contributed by atoms with Gasteiger partial charge < -0.3 is 4.98 Å². The van der Waals surface area contributed by atoms with Crippen LogP contribution in [0.4, 0.5) is 5.95 Å². The molecule has 2 aromatic carbocycles. The largest absolute Gasteiger partial charge is 0.323 e. The lowest BCUT2D eigenvalue weighted by molar-refractivity contribution is 0.587. The molecule has 0 aliphatic rings. The van der Waals surface area contributed by atoms with E-state index >= 15 is 0 Å². The van der Waals surface area contributed by atoms with Crippen LogP contribution in [0, 0.1) is 0 Å². The van der Waals surface area contributed by atoms with E-state index in [2.05, 4.69) is 20.2 Å². The second-order valence-electron chi connectivity index (χ2n) is 4.15. The van der Waals surface area contributed by atoms with Gasteiger partial charge in [0.15, 0.2) is 0 Å². The van der Waals surface area contributed by atoms with Gasteiger partial charge in [-0.3, -0.25) is 5.43 Å². The zero-order chi connectivity index (χ0) is 14.0. The van der Waals surface area contributed by atoms with Crippen LogP contribution in [0.2, 0.25) is 0 Å².